The molecule has 0 saturated heterocycles. The van der Waals surface area contributed by atoms with Crippen LogP contribution >= 0.6 is 15.9 Å². The minimum absolute atomic E-state index is 0.228. The predicted octanol–water partition coefficient (Wildman–Crippen LogP) is 7.12. The van der Waals surface area contributed by atoms with Crippen LogP contribution in [0.3, 0.4) is 0 Å². The first-order valence-electron chi connectivity index (χ1n) is 9.75. The fourth-order valence-corrected chi connectivity index (χ4v) is 3.58. The molecule has 0 fully saturated rings. The van der Waals surface area contributed by atoms with Crippen molar-refractivity contribution in [2.24, 2.45) is 0 Å². The average molecular weight is 483 g/mol. The molecule has 0 amide bonds. The molecule has 0 atom stereocenters. The van der Waals surface area contributed by atoms with E-state index in [1.165, 1.54) is 12.1 Å². The first-order chi connectivity index (χ1) is 14.3. The van der Waals surface area contributed by atoms with Crippen molar-refractivity contribution >= 4 is 26.9 Å². The standard InChI is InChI=1S/C23H22BrF3O3/c1-15-21(28)19-14-18(29-13-5-3-2-4-12-24)10-11-20(19)30-22(15)16-6-8-17(9-7-16)23(25,26)27/h6-11,14H,2-5,12-13H2,1H3. The van der Waals surface area contributed by atoms with Crippen molar-refractivity contribution in [1.29, 1.82) is 0 Å². The molecule has 0 aliphatic heterocycles. The van der Waals surface area contributed by atoms with E-state index >= 15 is 0 Å². The zero-order chi connectivity index (χ0) is 21.7. The van der Waals surface area contributed by atoms with Gasteiger partial charge >= 0.3 is 6.18 Å². The third-order valence-electron chi connectivity index (χ3n) is 4.86. The Balaban J connectivity index is 1.82. The molecular weight excluding hydrogens is 461 g/mol. The Labute approximate surface area is 181 Å². The Hall–Kier alpha value is -2.28. The van der Waals surface area contributed by atoms with E-state index in [1.54, 1.807) is 25.1 Å². The van der Waals surface area contributed by atoms with E-state index in [-0.39, 0.29) is 11.2 Å². The topological polar surface area (TPSA) is 39.4 Å². The van der Waals surface area contributed by atoms with Gasteiger partial charge in [0.25, 0.3) is 0 Å². The van der Waals surface area contributed by atoms with Crippen molar-refractivity contribution in [3.8, 4) is 17.1 Å². The highest BCUT2D eigenvalue weighted by molar-refractivity contribution is 9.09. The summed E-state index contributed by atoms with van der Waals surface area (Å²) in [5, 5.41) is 1.39. The largest absolute Gasteiger partial charge is 0.494 e. The van der Waals surface area contributed by atoms with Gasteiger partial charge in [-0.2, -0.15) is 13.2 Å². The van der Waals surface area contributed by atoms with E-state index in [1.807, 2.05) is 0 Å². The molecule has 0 bridgehead atoms. The number of hydrogen-bond acceptors (Lipinski definition) is 3. The Bertz CT molecular complexity index is 1060. The summed E-state index contributed by atoms with van der Waals surface area (Å²) in [6.45, 7) is 2.18. The third-order valence-corrected chi connectivity index (χ3v) is 5.42. The monoisotopic (exact) mass is 482 g/mol. The van der Waals surface area contributed by atoms with Crippen molar-refractivity contribution in [1.82, 2.24) is 0 Å². The fourth-order valence-electron chi connectivity index (χ4n) is 3.18. The van der Waals surface area contributed by atoms with Gasteiger partial charge in [-0.1, -0.05) is 40.9 Å². The summed E-state index contributed by atoms with van der Waals surface area (Å²) in [5.74, 6) is 0.860. The third kappa shape index (κ3) is 5.25. The molecule has 7 heteroatoms. The van der Waals surface area contributed by atoms with Gasteiger partial charge in [-0.3, -0.25) is 4.79 Å². The Morgan fingerprint density at radius 3 is 2.37 bits per heavy atom. The minimum atomic E-state index is -4.41. The van der Waals surface area contributed by atoms with Gasteiger partial charge in [0.15, 0.2) is 5.43 Å². The molecule has 3 aromatic rings. The second kappa shape index (κ2) is 9.69. The molecule has 0 saturated carbocycles. The number of halogens is 4. The smallest absolute Gasteiger partial charge is 0.416 e. The zero-order valence-electron chi connectivity index (χ0n) is 16.5. The van der Waals surface area contributed by atoms with Gasteiger partial charge in [-0.25, -0.2) is 0 Å². The molecule has 0 unspecified atom stereocenters. The van der Waals surface area contributed by atoms with Crippen molar-refractivity contribution in [2.75, 3.05) is 11.9 Å². The summed E-state index contributed by atoms with van der Waals surface area (Å²) >= 11 is 3.41. The molecule has 160 valence electrons. The van der Waals surface area contributed by atoms with E-state index < -0.39 is 11.7 Å². The lowest BCUT2D eigenvalue weighted by Crippen LogP contribution is -2.08. The number of hydrogen-bond donors (Lipinski definition) is 0. The van der Waals surface area contributed by atoms with Crippen LogP contribution in [0.15, 0.2) is 51.7 Å². The molecule has 3 nitrogen and oxygen atoms in total. The van der Waals surface area contributed by atoms with Gasteiger partial charge in [-0.15, -0.1) is 0 Å². The van der Waals surface area contributed by atoms with Crippen LogP contribution in [0.1, 0.15) is 36.8 Å². The van der Waals surface area contributed by atoms with Crippen LogP contribution in [0.5, 0.6) is 5.75 Å². The molecule has 1 heterocycles. The normalized spacial score (nSPS) is 11.8. The summed E-state index contributed by atoms with van der Waals surface area (Å²) in [7, 11) is 0. The number of alkyl halides is 4. The highest BCUT2D eigenvalue weighted by atomic mass is 79.9. The molecule has 0 spiro atoms. The quantitative estimate of drug-likeness (QED) is 0.253. The molecule has 0 aliphatic carbocycles. The first kappa shape index (κ1) is 22.4. The SMILES string of the molecule is Cc1c(-c2ccc(C(F)(F)F)cc2)oc2ccc(OCCCCCCBr)cc2c1=O. The van der Waals surface area contributed by atoms with Gasteiger partial charge in [-0.05, 0) is 50.1 Å². The van der Waals surface area contributed by atoms with Crippen molar-refractivity contribution < 1.29 is 22.3 Å². The van der Waals surface area contributed by atoms with Gasteiger partial charge < -0.3 is 9.15 Å². The summed E-state index contributed by atoms with van der Waals surface area (Å²) < 4.78 is 50.0. The van der Waals surface area contributed by atoms with E-state index in [2.05, 4.69) is 15.9 Å². The van der Waals surface area contributed by atoms with Crippen molar-refractivity contribution in [2.45, 2.75) is 38.8 Å². The van der Waals surface area contributed by atoms with E-state index in [0.29, 0.717) is 34.5 Å². The van der Waals surface area contributed by atoms with Crippen LogP contribution < -0.4 is 10.2 Å². The maximum absolute atomic E-state index is 12.8. The molecule has 30 heavy (non-hydrogen) atoms. The van der Waals surface area contributed by atoms with Crippen LogP contribution in [0.25, 0.3) is 22.3 Å². The second-order valence-corrected chi connectivity index (χ2v) is 7.86. The number of unbranched alkanes of at least 4 members (excludes halogenated alkanes) is 3. The number of fused-ring (bicyclic) bond motifs is 1. The molecule has 2 aromatic carbocycles. The lowest BCUT2D eigenvalue weighted by molar-refractivity contribution is -0.137. The molecule has 0 N–H and O–H groups in total. The molecule has 0 radical (unpaired) electrons. The lowest BCUT2D eigenvalue weighted by atomic mass is 10.0. The summed E-state index contributed by atoms with van der Waals surface area (Å²) in [4.78, 5) is 12.8. The van der Waals surface area contributed by atoms with Crippen molar-refractivity contribution in [3.63, 3.8) is 0 Å². The summed E-state index contributed by atoms with van der Waals surface area (Å²) in [5.41, 5.74) is 0.151. The predicted molar refractivity (Wildman–Crippen MR) is 115 cm³/mol. The van der Waals surface area contributed by atoms with Crippen molar-refractivity contribution in [3.05, 3.63) is 63.8 Å². The van der Waals surface area contributed by atoms with Crippen LogP contribution in [-0.2, 0) is 6.18 Å². The summed E-state index contributed by atoms with van der Waals surface area (Å²) in [6, 6.07) is 9.63. The lowest BCUT2D eigenvalue weighted by Gasteiger charge is -2.11. The van der Waals surface area contributed by atoms with Crippen LogP contribution in [0, 0.1) is 6.92 Å². The Kier molecular flexibility index (Phi) is 7.23. The van der Waals surface area contributed by atoms with Gasteiger partial charge in [0.1, 0.15) is 17.1 Å². The van der Waals surface area contributed by atoms with Gasteiger partial charge in [0.2, 0.25) is 0 Å². The van der Waals surface area contributed by atoms with E-state index in [4.69, 9.17) is 9.15 Å². The van der Waals surface area contributed by atoms with Gasteiger partial charge in [0, 0.05) is 16.5 Å². The van der Waals surface area contributed by atoms with Crippen LogP contribution in [0.2, 0.25) is 0 Å². The second-order valence-electron chi connectivity index (χ2n) is 7.07. The number of ether oxygens (including phenoxy) is 1. The fraction of sp³-hybridized carbons (Fsp3) is 0.348. The molecule has 3 rings (SSSR count). The van der Waals surface area contributed by atoms with E-state index in [0.717, 1.165) is 43.1 Å². The highest BCUT2D eigenvalue weighted by Gasteiger charge is 2.30. The summed E-state index contributed by atoms with van der Waals surface area (Å²) in [6.07, 6.45) is -0.121. The van der Waals surface area contributed by atoms with Crippen LogP contribution in [-0.4, -0.2) is 11.9 Å². The zero-order valence-corrected chi connectivity index (χ0v) is 18.1. The van der Waals surface area contributed by atoms with Gasteiger partial charge in [0.05, 0.1) is 17.6 Å². The maximum atomic E-state index is 12.8. The number of benzene rings is 2. The minimum Gasteiger partial charge on any atom is -0.494 e. The molecule has 0 aliphatic rings. The number of rotatable bonds is 8. The Morgan fingerprint density at radius 1 is 1.00 bits per heavy atom. The molecule has 1 aromatic heterocycles. The van der Waals surface area contributed by atoms with Crippen LogP contribution in [0.4, 0.5) is 13.2 Å². The maximum Gasteiger partial charge on any atom is 0.416 e. The highest BCUT2D eigenvalue weighted by Crippen LogP contribution is 2.32. The molecular formula is C23H22BrF3O3. The average Bonchev–Trinajstić information content (AvgIpc) is 2.73. The van der Waals surface area contributed by atoms with E-state index in [9.17, 15) is 18.0 Å². The Morgan fingerprint density at radius 2 is 1.70 bits per heavy atom. The first-order valence-corrected chi connectivity index (χ1v) is 10.9.